The number of amidine groups is 1. The molecule has 0 radical (unpaired) electrons. The summed E-state index contributed by atoms with van der Waals surface area (Å²) in [5.74, 6) is 0.553. The number of nitrogens with two attached hydrogens (primary N) is 1. The lowest BCUT2D eigenvalue weighted by Crippen LogP contribution is -2.64. The van der Waals surface area contributed by atoms with Crippen molar-refractivity contribution in [3.63, 3.8) is 0 Å². The molecule has 13 heavy (non-hydrogen) atoms. The molecule has 0 bridgehead atoms. The Morgan fingerprint density at radius 1 is 1.77 bits per heavy atom. The number of carbonyl (C=O) groups is 1. The molecule has 1 unspecified atom stereocenters. The van der Waals surface area contributed by atoms with Crippen LogP contribution in [0.25, 0.3) is 0 Å². The van der Waals surface area contributed by atoms with Crippen LogP contribution in [-0.4, -0.2) is 29.4 Å². The zero-order valence-corrected chi connectivity index (χ0v) is 8.08. The molecule has 4 nitrogen and oxygen atoms in total. The van der Waals surface area contributed by atoms with Crippen LogP contribution in [0.4, 0.5) is 4.79 Å². The van der Waals surface area contributed by atoms with Gasteiger partial charge in [0.15, 0.2) is 0 Å². The van der Waals surface area contributed by atoms with E-state index in [9.17, 15) is 4.79 Å². The highest BCUT2D eigenvalue weighted by atomic mass is 16.2. The van der Waals surface area contributed by atoms with Crippen LogP contribution in [0.3, 0.4) is 0 Å². The van der Waals surface area contributed by atoms with Crippen LogP contribution in [-0.2, 0) is 0 Å². The Kier molecular flexibility index (Phi) is 2.70. The summed E-state index contributed by atoms with van der Waals surface area (Å²) in [6.07, 6.45) is 1.75. The summed E-state index contributed by atoms with van der Waals surface area (Å²) in [7, 11) is 0. The molecule has 1 rings (SSSR count). The Hall–Kier alpha value is -1.32. The van der Waals surface area contributed by atoms with E-state index in [1.54, 1.807) is 11.0 Å². The standard InChI is InChI=1S/C9H15N3O/c1-4-7-5-12(6(2)3)9(13)11-8(7)10/h4,6-7H,1,5H2,2-3H3,(H2,10,11,13)/p+1. The van der Waals surface area contributed by atoms with Crippen molar-refractivity contribution in [1.29, 1.82) is 0 Å². The lowest BCUT2D eigenvalue weighted by molar-refractivity contribution is -0.124. The van der Waals surface area contributed by atoms with E-state index in [-0.39, 0.29) is 18.0 Å². The van der Waals surface area contributed by atoms with Gasteiger partial charge < -0.3 is 4.90 Å². The maximum atomic E-state index is 11.4. The lowest BCUT2D eigenvalue weighted by atomic mass is 10.1. The maximum absolute atomic E-state index is 11.4. The van der Waals surface area contributed by atoms with Crippen molar-refractivity contribution in [3.05, 3.63) is 12.7 Å². The van der Waals surface area contributed by atoms with Crippen molar-refractivity contribution >= 4 is 11.9 Å². The SMILES string of the molecule is C=CC1CN(C(C)C)C(=O)NC1=[NH2+]. The van der Waals surface area contributed by atoms with Gasteiger partial charge in [-0.3, -0.25) is 5.41 Å². The molecular formula is C9H16N3O+. The summed E-state index contributed by atoms with van der Waals surface area (Å²) in [4.78, 5) is 13.1. The summed E-state index contributed by atoms with van der Waals surface area (Å²) >= 11 is 0. The molecule has 0 aromatic heterocycles. The Balaban J connectivity index is 2.74. The highest BCUT2D eigenvalue weighted by molar-refractivity contribution is 5.98. The molecule has 0 aromatic carbocycles. The molecule has 0 spiro atoms. The van der Waals surface area contributed by atoms with E-state index in [4.69, 9.17) is 5.41 Å². The monoisotopic (exact) mass is 182 g/mol. The second-order valence-electron chi connectivity index (χ2n) is 3.47. The number of carbonyl (C=O) groups excluding carboxylic acids is 1. The van der Waals surface area contributed by atoms with E-state index in [2.05, 4.69) is 11.9 Å². The number of urea groups is 1. The van der Waals surface area contributed by atoms with Crippen molar-refractivity contribution < 1.29 is 10.2 Å². The highest BCUT2D eigenvalue weighted by Gasteiger charge is 2.34. The van der Waals surface area contributed by atoms with E-state index in [0.29, 0.717) is 12.4 Å². The molecule has 1 heterocycles. The van der Waals surface area contributed by atoms with Gasteiger partial charge in [0.25, 0.3) is 5.84 Å². The minimum absolute atomic E-state index is 0.0556. The van der Waals surface area contributed by atoms with Crippen molar-refractivity contribution in [3.8, 4) is 0 Å². The first-order chi connectivity index (χ1) is 6.06. The molecule has 0 saturated carbocycles. The summed E-state index contributed by atoms with van der Waals surface area (Å²) in [6, 6.07) is 0.0705. The molecule has 1 aliphatic rings. The zero-order valence-electron chi connectivity index (χ0n) is 8.08. The van der Waals surface area contributed by atoms with Gasteiger partial charge in [0.1, 0.15) is 0 Å². The van der Waals surface area contributed by atoms with Crippen LogP contribution in [0.1, 0.15) is 13.8 Å². The van der Waals surface area contributed by atoms with E-state index >= 15 is 0 Å². The van der Waals surface area contributed by atoms with Gasteiger partial charge in [-0.15, -0.1) is 6.58 Å². The van der Waals surface area contributed by atoms with Gasteiger partial charge in [-0.05, 0) is 13.8 Å². The highest BCUT2D eigenvalue weighted by Crippen LogP contribution is 2.10. The van der Waals surface area contributed by atoms with Gasteiger partial charge in [0, 0.05) is 12.6 Å². The number of hydrogen-bond donors (Lipinski definition) is 2. The summed E-state index contributed by atoms with van der Waals surface area (Å²) in [6.45, 7) is 8.25. The Labute approximate surface area is 78.1 Å². The molecule has 0 aliphatic carbocycles. The van der Waals surface area contributed by atoms with Gasteiger partial charge in [0.05, 0.1) is 5.92 Å². The third-order valence-corrected chi connectivity index (χ3v) is 2.21. The summed E-state index contributed by atoms with van der Waals surface area (Å²) in [5.41, 5.74) is 0. The average molecular weight is 182 g/mol. The van der Waals surface area contributed by atoms with Crippen LogP contribution in [0.2, 0.25) is 0 Å². The number of amides is 2. The van der Waals surface area contributed by atoms with E-state index in [1.807, 2.05) is 13.8 Å². The van der Waals surface area contributed by atoms with Gasteiger partial charge in [-0.2, -0.15) is 5.32 Å². The van der Waals surface area contributed by atoms with Crippen molar-refractivity contribution in [2.75, 3.05) is 6.54 Å². The van der Waals surface area contributed by atoms with Crippen molar-refractivity contribution in [2.24, 2.45) is 5.92 Å². The largest absolute Gasteiger partial charge is 0.409 e. The minimum atomic E-state index is -0.120. The Bertz CT molecular complexity index is 247. The van der Waals surface area contributed by atoms with Crippen molar-refractivity contribution in [1.82, 2.24) is 10.2 Å². The van der Waals surface area contributed by atoms with E-state index in [1.165, 1.54) is 0 Å². The van der Waals surface area contributed by atoms with E-state index < -0.39 is 0 Å². The average Bonchev–Trinajstić information content (AvgIpc) is 2.03. The van der Waals surface area contributed by atoms with Gasteiger partial charge in [0.2, 0.25) is 0 Å². The molecule has 72 valence electrons. The minimum Gasteiger partial charge on any atom is -0.301 e. The second-order valence-corrected chi connectivity index (χ2v) is 3.47. The molecule has 3 N–H and O–H groups in total. The first-order valence-electron chi connectivity index (χ1n) is 4.38. The third kappa shape index (κ3) is 1.88. The molecule has 0 aromatic rings. The first kappa shape index (κ1) is 9.77. The molecule has 1 atom stereocenters. The van der Waals surface area contributed by atoms with Gasteiger partial charge in [-0.1, -0.05) is 6.08 Å². The fourth-order valence-corrected chi connectivity index (χ4v) is 1.33. The number of nitrogens with one attached hydrogen (secondary N) is 1. The molecular weight excluding hydrogens is 166 g/mol. The fourth-order valence-electron chi connectivity index (χ4n) is 1.33. The smallest absolute Gasteiger partial charge is 0.301 e. The second kappa shape index (κ2) is 3.60. The molecule has 1 aliphatic heterocycles. The van der Waals surface area contributed by atoms with Crippen LogP contribution >= 0.6 is 0 Å². The summed E-state index contributed by atoms with van der Waals surface area (Å²) < 4.78 is 0. The van der Waals surface area contributed by atoms with Crippen LogP contribution in [0.5, 0.6) is 0 Å². The molecule has 1 fully saturated rings. The maximum Gasteiger partial charge on any atom is 0.409 e. The predicted octanol–water partition coefficient (Wildman–Crippen LogP) is -0.620. The van der Waals surface area contributed by atoms with Crippen LogP contribution in [0, 0.1) is 5.92 Å². The van der Waals surface area contributed by atoms with Crippen LogP contribution in [0.15, 0.2) is 12.7 Å². The molecule has 1 saturated heterocycles. The predicted molar refractivity (Wildman–Crippen MR) is 51.0 cm³/mol. The number of nitrogens with zero attached hydrogens (tertiary/aromatic N) is 1. The van der Waals surface area contributed by atoms with Gasteiger partial charge in [-0.25, -0.2) is 4.79 Å². The normalized spacial score (nSPS) is 23.3. The third-order valence-electron chi connectivity index (χ3n) is 2.21. The lowest BCUT2D eigenvalue weighted by Gasteiger charge is -2.30. The Morgan fingerprint density at radius 3 is 2.85 bits per heavy atom. The quantitative estimate of drug-likeness (QED) is 0.549. The van der Waals surface area contributed by atoms with Crippen molar-refractivity contribution in [2.45, 2.75) is 19.9 Å². The molecule has 2 amide bonds. The van der Waals surface area contributed by atoms with Gasteiger partial charge >= 0.3 is 6.03 Å². The Morgan fingerprint density at radius 2 is 2.38 bits per heavy atom. The molecule has 4 heteroatoms. The fraction of sp³-hybridized carbons (Fsp3) is 0.556. The topological polar surface area (TPSA) is 57.9 Å². The first-order valence-corrected chi connectivity index (χ1v) is 4.38. The van der Waals surface area contributed by atoms with Crippen LogP contribution < -0.4 is 10.7 Å². The number of hydrogen-bond acceptors (Lipinski definition) is 1. The van der Waals surface area contributed by atoms with E-state index in [0.717, 1.165) is 0 Å². The zero-order chi connectivity index (χ0) is 10.0. The number of rotatable bonds is 2. The summed E-state index contributed by atoms with van der Waals surface area (Å²) in [5, 5.41) is 8.25.